The third-order valence-corrected chi connectivity index (χ3v) is 24.7. The molecule has 0 atom stereocenters. The Morgan fingerprint density at radius 3 is 0.600 bits per heavy atom. The van der Waals surface area contributed by atoms with E-state index in [0.29, 0.717) is 34.6 Å². The number of nitrogens with zero attached hydrogens (tertiary/aromatic N) is 24. The molecule has 0 N–H and O–H groups in total. The molecule has 0 amide bonds. The molecule has 150 heavy (non-hydrogen) atoms. The van der Waals surface area contributed by atoms with Crippen LogP contribution < -0.4 is 0 Å². The topological polar surface area (TPSA) is 372 Å². The minimum absolute atomic E-state index is 0. The third-order valence-electron chi connectivity index (χ3n) is 24.7. The minimum atomic E-state index is 0. The van der Waals surface area contributed by atoms with Crippen LogP contribution in [0, 0.1) is 74.0 Å². The van der Waals surface area contributed by atoms with Crippen molar-refractivity contribution in [1.82, 2.24) is 115 Å². The van der Waals surface area contributed by atoms with Gasteiger partial charge in [-0.15, -0.1) is 73.6 Å². The van der Waals surface area contributed by atoms with Crippen LogP contribution in [-0.4, -0.2) is 115 Å². The molecule has 0 spiro atoms. The SMILES string of the molecule is Cn1[c-]nc(-c2occ3cc4occ(-c5nccn5C)c4[c-]c23)c1.Cn1[c-]nc(-c2occ3cc4occ(-c5nccn5C)c4[c-]c23)c1.Cn1[c-]nc(-c2occ3cc4occ(-c5nccn5C)c4[c-]c23)c1.Cn1cnc(-c2occ3cc4occ(-c5n[c-]cn5C)c4[c-]c23)c1.Cn1cnc(-c2occ3cc4occ(-c5n[c-]cn5C)c4[c-]c23)c1.Cn1cnc(-c2occ3cc4occ(-c5n[c-]cn5C)c4[c-]c23)c1.[Pt+2].[Pt+2].[Pt+2].[Pt+2].[Pt+2].[Pt+2]. The monoisotopic (exact) mass is 3070 g/mol. The first kappa shape index (κ1) is 103. The first-order valence-corrected chi connectivity index (χ1v) is 44.6. The summed E-state index contributed by atoms with van der Waals surface area (Å²) in [7, 11) is 23.0. The second-order valence-corrected chi connectivity index (χ2v) is 34.6. The van der Waals surface area contributed by atoms with Gasteiger partial charge in [-0.05, 0) is 75.1 Å². The van der Waals surface area contributed by atoms with Crippen LogP contribution in [0.3, 0.4) is 0 Å². The van der Waals surface area contributed by atoms with E-state index in [1.807, 2.05) is 218 Å². The van der Waals surface area contributed by atoms with Gasteiger partial charge >= 0.3 is 126 Å². The Kier molecular flexibility index (Phi) is 28.8. The van der Waals surface area contributed by atoms with Gasteiger partial charge in [-0.1, -0.05) is 187 Å². The average Bonchev–Trinajstić information content (AvgIpc) is 1.63. The van der Waals surface area contributed by atoms with Gasteiger partial charge in [0.15, 0.2) is 0 Å². The summed E-state index contributed by atoms with van der Waals surface area (Å²) in [4.78, 5) is 51.9. The summed E-state index contributed by atoms with van der Waals surface area (Å²) in [6.45, 7) is 0. The number of rotatable bonds is 12. The van der Waals surface area contributed by atoms with Crippen LogP contribution in [0.1, 0.15) is 0 Å². The van der Waals surface area contributed by atoms with Crippen molar-refractivity contribution in [2.24, 2.45) is 84.6 Å². The fourth-order valence-electron chi connectivity index (χ4n) is 17.6. The number of hydrogen-bond donors (Lipinski definition) is 0. The van der Waals surface area contributed by atoms with Crippen molar-refractivity contribution in [3.05, 3.63) is 297 Å². The molecule has 0 aliphatic heterocycles. The molecule has 756 valence electrons. The van der Waals surface area contributed by atoms with Crippen molar-refractivity contribution in [3.8, 4) is 137 Å². The minimum Gasteiger partial charge on any atom is -0.518 e. The summed E-state index contributed by atoms with van der Waals surface area (Å²) in [5.74, 6) is 8.98. The molecule has 0 aliphatic carbocycles. The quantitative estimate of drug-likeness (QED) is 0.103. The molecule has 0 radical (unpaired) electrons. The number of benzene rings is 6. The van der Waals surface area contributed by atoms with Gasteiger partial charge in [0.2, 0.25) is 0 Å². The average molecular weight is 3070 g/mol. The number of aromatic nitrogens is 24. The molecule has 0 bridgehead atoms. The molecule has 0 saturated carbocycles. The van der Waals surface area contributed by atoms with E-state index in [4.69, 9.17) is 53.0 Å². The predicted molar refractivity (Wildman–Crippen MR) is 528 cm³/mol. The van der Waals surface area contributed by atoms with Crippen molar-refractivity contribution in [1.29, 1.82) is 0 Å². The van der Waals surface area contributed by atoms with E-state index in [0.717, 1.165) is 233 Å². The van der Waals surface area contributed by atoms with E-state index >= 15 is 0 Å². The Morgan fingerprint density at radius 1 is 0.213 bits per heavy atom. The van der Waals surface area contributed by atoms with Crippen molar-refractivity contribution in [3.63, 3.8) is 0 Å². The van der Waals surface area contributed by atoms with Gasteiger partial charge in [0.25, 0.3) is 0 Å². The fourth-order valence-corrected chi connectivity index (χ4v) is 17.6. The van der Waals surface area contributed by atoms with E-state index in [9.17, 15) is 0 Å². The Labute approximate surface area is 935 Å². The molecule has 30 rings (SSSR count). The molecule has 0 unspecified atom stereocenters. The number of imidazole rings is 12. The Bertz CT molecular complexity index is 8630. The third kappa shape index (κ3) is 18.6. The Morgan fingerprint density at radius 2 is 0.427 bits per heavy atom. The molecule has 6 aromatic carbocycles. The summed E-state index contributed by atoms with van der Waals surface area (Å²) in [6, 6.07) is 32.3. The summed E-state index contributed by atoms with van der Waals surface area (Å²) < 4.78 is 91.0. The van der Waals surface area contributed by atoms with Crippen LogP contribution in [0.25, 0.3) is 268 Å². The molecule has 42 heteroatoms. The molecule has 30 aromatic rings. The first-order chi connectivity index (χ1) is 70.2. The Balaban J connectivity index is 0.000000112. The van der Waals surface area contributed by atoms with E-state index in [1.165, 1.54) is 0 Å². The van der Waals surface area contributed by atoms with Crippen LogP contribution in [0.5, 0.6) is 0 Å². The van der Waals surface area contributed by atoms with Crippen molar-refractivity contribution in [2.75, 3.05) is 0 Å². The zero-order valence-corrected chi connectivity index (χ0v) is 93.9. The summed E-state index contributed by atoms with van der Waals surface area (Å²) in [5, 5.41) is 16.0. The number of aryl methyl sites for hydroxylation is 12. The van der Waals surface area contributed by atoms with Gasteiger partial charge in [0.05, 0.1) is 143 Å². The largest absolute Gasteiger partial charge is 2.00 e. The smallest absolute Gasteiger partial charge is 0.518 e. The van der Waals surface area contributed by atoms with E-state index in [1.54, 1.807) is 145 Å². The van der Waals surface area contributed by atoms with E-state index in [2.05, 4.69) is 134 Å². The van der Waals surface area contributed by atoms with E-state index < -0.39 is 0 Å². The zero-order chi connectivity index (χ0) is 97.6. The normalized spacial score (nSPS) is 11.3. The van der Waals surface area contributed by atoms with Crippen LogP contribution >= 0.6 is 0 Å². The Hall–Kier alpha value is -15.6. The van der Waals surface area contributed by atoms with Gasteiger partial charge in [-0.25, -0.2) is 29.9 Å². The van der Waals surface area contributed by atoms with Crippen LogP contribution in [-0.2, 0) is 211 Å². The van der Waals surface area contributed by atoms with Gasteiger partial charge in [-0.2, -0.15) is 0 Å². The molecule has 0 aliphatic rings. The van der Waals surface area contributed by atoms with Crippen LogP contribution in [0.15, 0.2) is 276 Å². The van der Waals surface area contributed by atoms with Crippen molar-refractivity contribution < 1.29 is 179 Å². The second-order valence-electron chi connectivity index (χ2n) is 34.6. The maximum absolute atomic E-state index is 5.73. The van der Waals surface area contributed by atoms with E-state index in [-0.39, 0.29) is 126 Å². The summed E-state index contributed by atoms with van der Waals surface area (Å²) in [5.41, 5.74) is 14.3. The molecule has 24 aromatic heterocycles. The van der Waals surface area contributed by atoms with Crippen molar-refractivity contribution in [2.45, 2.75) is 0 Å². The zero-order valence-electron chi connectivity index (χ0n) is 80.3. The van der Waals surface area contributed by atoms with Crippen molar-refractivity contribution >= 4 is 130 Å². The maximum Gasteiger partial charge on any atom is 2.00 e. The molecule has 36 nitrogen and oxygen atoms in total. The first-order valence-electron chi connectivity index (χ1n) is 44.6. The fraction of sp³-hybridized carbons (Fsp3) is 0.111. The molecule has 0 saturated heterocycles. The number of fused-ring (bicyclic) bond motifs is 12. The number of hydrogen-bond acceptors (Lipinski definition) is 24. The van der Waals surface area contributed by atoms with Crippen LogP contribution in [0.4, 0.5) is 0 Å². The summed E-state index contributed by atoms with van der Waals surface area (Å²) in [6.07, 6.45) is 70.5. The molecule has 0 fully saturated rings. The van der Waals surface area contributed by atoms with Crippen LogP contribution in [0.2, 0.25) is 0 Å². The standard InChI is InChI=1S/6C18H12N4O2.6Pt/c6*1-21-7-15(20-10-21)17-12-6-13-14(18-19-3-4-22(18)2)9-23-16(13)5-11(12)8-24-17;;;;;;/h3*4-5,7-10H,1-2H3;3*3-5,7-9H,1-2H3;;;;;;/q6*-2;6*+2. The molecular formula is C108H72N24O12Pt6. The van der Waals surface area contributed by atoms with Gasteiger partial charge in [0, 0.05) is 153 Å². The molecular weight excluding hydrogens is 3000 g/mol. The van der Waals surface area contributed by atoms with Gasteiger partial charge in [0.1, 0.15) is 17.5 Å². The second kappa shape index (κ2) is 41.9. The summed E-state index contributed by atoms with van der Waals surface area (Å²) >= 11 is 0. The predicted octanol–water partition coefficient (Wildman–Crippen LogP) is 21.5. The van der Waals surface area contributed by atoms with Gasteiger partial charge < -0.3 is 138 Å². The molecule has 24 heterocycles. The van der Waals surface area contributed by atoms with Gasteiger partial charge in [-0.3, -0.25) is 0 Å². The maximum atomic E-state index is 5.73. The number of furan rings is 12.